The minimum Gasteiger partial charge on any atom is -0.352 e. The molecule has 1 atom stereocenters. The number of carbonyl (C=O) groups excluding carboxylic acids is 3. The maximum Gasteiger partial charge on any atom is 0.325 e. The molecule has 6 nitrogen and oxygen atoms in total. The third-order valence-electron chi connectivity index (χ3n) is 6.38. The highest BCUT2D eigenvalue weighted by molar-refractivity contribution is 6.10. The molecule has 2 aromatic carbocycles. The van der Waals surface area contributed by atoms with Gasteiger partial charge >= 0.3 is 6.03 Å². The summed E-state index contributed by atoms with van der Waals surface area (Å²) in [5.74, 6) is -0.664. The average molecular weight is 408 g/mol. The van der Waals surface area contributed by atoms with E-state index in [-0.39, 0.29) is 18.5 Å². The molecule has 2 N–H and O–H groups in total. The molecular formula is C24H29N3O3. The zero-order valence-corrected chi connectivity index (χ0v) is 17.4. The second-order valence-corrected chi connectivity index (χ2v) is 8.58. The van der Waals surface area contributed by atoms with Gasteiger partial charge in [-0.3, -0.25) is 14.5 Å². The van der Waals surface area contributed by atoms with Crippen LogP contribution in [0.15, 0.2) is 42.5 Å². The molecule has 0 bridgehead atoms. The molecule has 1 aliphatic heterocycles. The number of carbonyl (C=O) groups is 3. The monoisotopic (exact) mass is 407 g/mol. The fourth-order valence-electron chi connectivity index (χ4n) is 4.70. The number of nitrogens with zero attached hydrogens (tertiary/aromatic N) is 1. The number of imide groups is 1. The van der Waals surface area contributed by atoms with E-state index in [1.54, 1.807) is 6.92 Å². The Hall–Kier alpha value is -2.89. The molecule has 0 spiro atoms. The Kier molecular flexibility index (Phi) is 5.75. The number of hydrogen-bond acceptors (Lipinski definition) is 3. The van der Waals surface area contributed by atoms with E-state index in [1.807, 2.05) is 42.5 Å². The summed E-state index contributed by atoms with van der Waals surface area (Å²) in [4.78, 5) is 39.6. The molecule has 1 saturated carbocycles. The molecule has 4 amide bonds. The van der Waals surface area contributed by atoms with Crippen LogP contribution in [0, 0.1) is 0 Å². The summed E-state index contributed by atoms with van der Waals surface area (Å²) in [5, 5.41) is 7.77. The van der Waals surface area contributed by atoms with Crippen molar-refractivity contribution in [3.63, 3.8) is 0 Å². The van der Waals surface area contributed by atoms with Crippen molar-refractivity contribution in [3.8, 4) is 0 Å². The Labute approximate surface area is 177 Å². The molecule has 6 heteroatoms. The molecule has 2 aromatic rings. The first-order valence-electron chi connectivity index (χ1n) is 10.9. The van der Waals surface area contributed by atoms with Crippen LogP contribution in [0.1, 0.15) is 57.4 Å². The van der Waals surface area contributed by atoms with Gasteiger partial charge in [0.05, 0.1) is 0 Å². The first kappa shape index (κ1) is 20.4. The van der Waals surface area contributed by atoms with Crippen LogP contribution >= 0.6 is 0 Å². The molecular weight excluding hydrogens is 378 g/mol. The van der Waals surface area contributed by atoms with Gasteiger partial charge < -0.3 is 10.6 Å². The molecule has 4 rings (SSSR count). The van der Waals surface area contributed by atoms with Crippen LogP contribution in [0.2, 0.25) is 0 Å². The van der Waals surface area contributed by atoms with Gasteiger partial charge in [-0.05, 0) is 36.1 Å². The maximum atomic E-state index is 13.3. The fourth-order valence-corrected chi connectivity index (χ4v) is 4.70. The van der Waals surface area contributed by atoms with E-state index < -0.39 is 17.5 Å². The molecule has 158 valence electrons. The van der Waals surface area contributed by atoms with Gasteiger partial charge in [-0.1, -0.05) is 74.6 Å². The molecule has 0 radical (unpaired) electrons. The minimum absolute atomic E-state index is 0.128. The fraction of sp³-hybridized carbons (Fsp3) is 0.458. The lowest BCUT2D eigenvalue weighted by Crippen LogP contribution is -2.45. The summed E-state index contributed by atoms with van der Waals surface area (Å²) in [6.45, 7) is 1.46. The Bertz CT molecular complexity index is 960. The zero-order valence-electron chi connectivity index (χ0n) is 17.4. The van der Waals surface area contributed by atoms with E-state index in [4.69, 9.17) is 0 Å². The lowest BCUT2D eigenvalue weighted by atomic mass is 9.88. The van der Waals surface area contributed by atoms with E-state index in [9.17, 15) is 14.4 Å². The molecule has 1 unspecified atom stereocenters. The van der Waals surface area contributed by atoms with E-state index in [0.717, 1.165) is 46.9 Å². The van der Waals surface area contributed by atoms with Crippen LogP contribution in [0.25, 0.3) is 10.8 Å². The topological polar surface area (TPSA) is 78.5 Å². The Morgan fingerprint density at radius 3 is 2.47 bits per heavy atom. The minimum atomic E-state index is -1.20. The van der Waals surface area contributed by atoms with Gasteiger partial charge in [0.1, 0.15) is 12.1 Å². The zero-order chi connectivity index (χ0) is 21.1. The summed E-state index contributed by atoms with van der Waals surface area (Å²) in [6, 6.07) is 13.1. The van der Waals surface area contributed by atoms with Crippen LogP contribution in [-0.4, -0.2) is 35.3 Å². The van der Waals surface area contributed by atoms with E-state index >= 15 is 0 Å². The standard InChI is InChI=1S/C24H29N3O3/c1-24(20-15-9-11-17-10-7-8-14-19(17)20)22(29)27(23(30)26-24)16-21(28)25-18-12-5-3-2-4-6-13-18/h7-11,14-15,18H,2-6,12-13,16H2,1H3,(H,25,28)(H,26,30). The highest BCUT2D eigenvalue weighted by Crippen LogP contribution is 2.33. The molecule has 1 saturated heterocycles. The number of rotatable bonds is 4. The third kappa shape index (κ3) is 3.91. The first-order chi connectivity index (χ1) is 14.5. The summed E-state index contributed by atoms with van der Waals surface area (Å²) in [6.07, 6.45) is 7.78. The number of amides is 4. The second kappa shape index (κ2) is 8.46. The van der Waals surface area contributed by atoms with E-state index in [0.29, 0.717) is 0 Å². The van der Waals surface area contributed by atoms with E-state index in [1.165, 1.54) is 19.3 Å². The Morgan fingerprint density at radius 2 is 1.70 bits per heavy atom. The van der Waals surface area contributed by atoms with Crippen molar-refractivity contribution >= 4 is 28.6 Å². The van der Waals surface area contributed by atoms with Crippen LogP contribution in [0.4, 0.5) is 4.79 Å². The number of nitrogens with one attached hydrogen (secondary N) is 2. The highest BCUT2D eigenvalue weighted by Gasteiger charge is 2.50. The third-order valence-corrected chi connectivity index (χ3v) is 6.38. The normalized spacial score (nSPS) is 23.2. The van der Waals surface area contributed by atoms with Gasteiger partial charge in [-0.25, -0.2) is 4.79 Å². The molecule has 2 fully saturated rings. The number of urea groups is 1. The Morgan fingerprint density at radius 1 is 1.03 bits per heavy atom. The molecule has 1 heterocycles. The van der Waals surface area contributed by atoms with Gasteiger partial charge in [0, 0.05) is 6.04 Å². The van der Waals surface area contributed by atoms with Crippen molar-refractivity contribution < 1.29 is 14.4 Å². The number of hydrogen-bond donors (Lipinski definition) is 2. The predicted molar refractivity (Wildman–Crippen MR) is 116 cm³/mol. The van der Waals surface area contributed by atoms with Gasteiger partial charge in [0.2, 0.25) is 5.91 Å². The lowest BCUT2D eigenvalue weighted by Gasteiger charge is -2.24. The van der Waals surface area contributed by atoms with Crippen LogP contribution in [0.5, 0.6) is 0 Å². The number of benzene rings is 2. The van der Waals surface area contributed by atoms with E-state index in [2.05, 4.69) is 10.6 Å². The van der Waals surface area contributed by atoms with Crippen molar-refractivity contribution in [2.75, 3.05) is 6.54 Å². The van der Waals surface area contributed by atoms with Crippen molar-refractivity contribution in [2.24, 2.45) is 0 Å². The largest absolute Gasteiger partial charge is 0.352 e. The molecule has 1 aliphatic carbocycles. The smallest absolute Gasteiger partial charge is 0.325 e. The van der Waals surface area contributed by atoms with Gasteiger partial charge in [-0.2, -0.15) is 0 Å². The lowest BCUT2D eigenvalue weighted by molar-refractivity contribution is -0.135. The SMILES string of the molecule is CC1(c2cccc3ccccc23)NC(=O)N(CC(=O)NC2CCCCCCC2)C1=O. The summed E-state index contributed by atoms with van der Waals surface area (Å²) in [7, 11) is 0. The van der Waals surface area contributed by atoms with Gasteiger partial charge in [0.15, 0.2) is 0 Å². The van der Waals surface area contributed by atoms with Crippen molar-refractivity contribution in [3.05, 3.63) is 48.0 Å². The maximum absolute atomic E-state index is 13.3. The first-order valence-corrected chi connectivity index (χ1v) is 10.9. The van der Waals surface area contributed by atoms with Gasteiger partial charge in [0.25, 0.3) is 5.91 Å². The molecule has 30 heavy (non-hydrogen) atoms. The highest BCUT2D eigenvalue weighted by atomic mass is 16.2. The summed E-state index contributed by atoms with van der Waals surface area (Å²) in [5.41, 5.74) is -0.458. The predicted octanol–water partition coefficient (Wildman–Crippen LogP) is 3.84. The average Bonchev–Trinajstić information content (AvgIpc) is 2.93. The van der Waals surface area contributed by atoms with Crippen LogP contribution < -0.4 is 10.6 Å². The van der Waals surface area contributed by atoms with Crippen LogP contribution in [0.3, 0.4) is 0 Å². The molecule has 2 aliphatic rings. The summed E-state index contributed by atoms with van der Waals surface area (Å²) < 4.78 is 0. The quantitative estimate of drug-likeness (QED) is 0.756. The van der Waals surface area contributed by atoms with Crippen molar-refractivity contribution in [2.45, 2.75) is 63.5 Å². The summed E-state index contributed by atoms with van der Waals surface area (Å²) >= 11 is 0. The van der Waals surface area contributed by atoms with Crippen molar-refractivity contribution in [1.82, 2.24) is 15.5 Å². The molecule has 0 aromatic heterocycles. The van der Waals surface area contributed by atoms with Gasteiger partial charge in [-0.15, -0.1) is 0 Å². The van der Waals surface area contributed by atoms with Crippen molar-refractivity contribution in [1.29, 1.82) is 0 Å². The second-order valence-electron chi connectivity index (χ2n) is 8.58. The Balaban J connectivity index is 1.50. The van der Waals surface area contributed by atoms with Crippen LogP contribution in [-0.2, 0) is 15.1 Å². The number of fused-ring (bicyclic) bond motifs is 1.